The molecule has 0 rings (SSSR count). The summed E-state index contributed by atoms with van der Waals surface area (Å²) >= 11 is 3.58. The summed E-state index contributed by atoms with van der Waals surface area (Å²) in [7, 11) is 0. The van der Waals surface area contributed by atoms with Crippen LogP contribution in [0.4, 0.5) is 0 Å². The van der Waals surface area contributed by atoms with Crippen molar-refractivity contribution in [2.45, 2.75) is 125 Å². The van der Waals surface area contributed by atoms with Crippen LogP contribution in [0.1, 0.15) is 125 Å². The second-order valence-corrected chi connectivity index (χ2v) is 14.5. The minimum atomic E-state index is -0.374. The molecule has 0 spiro atoms. The number of nitrogens with zero attached hydrogens (tertiary/aromatic N) is 1. The van der Waals surface area contributed by atoms with E-state index in [4.69, 9.17) is 18.9 Å². The zero-order valence-corrected chi connectivity index (χ0v) is 32.0. The number of esters is 4. The van der Waals surface area contributed by atoms with Crippen molar-refractivity contribution in [1.82, 2.24) is 4.90 Å². The molecule has 0 aliphatic carbocycles. The molecule has 0 saturated heterocycles. The van der Waals surface area contributed by atoms with Gasteiger partial charge in [-0.3, -0.25) is 19.2 Å². The first-order valence-corrected chi connectivity index (χ1v) is 20.6. The van der Waals surface area contributed by atoms with E-state index < -0.39 is 0 Å². The zero-order valence-electron chi connectivity index (χ0n) is 30.4. The highest BCUT2D eigenvalue weighted by atomic mass is 32.2. The van der Waals surface area contributed by atoms with Crippen molar-refractivity contribution < 1.29 is 38.1 Å². The highest BCUT2D eigenvalue weighted by Gasteiger charge is 2.16. The SMILES string of the molecule is CCCCCCCCSCC(C)C(=O)OCCOC(=O)CCN(CC)CCC(=O)OCCOC(=O)C(C)CSCCCCCCCC. The van der Waals surface area contributed by atoms with Crippen molar-refractivity contribution in [3.8, 4) is 0 Å². The molecule has 9 nitrogen and oxygen atoms in total. The van der Waals surface area contributed by atoms with Crippen LogP contribution < -0.4 is 0 Å². The van der Waals surface area contributed by atoms with Crippen LogP contribution in [0.3, 0.4) is 0 Å². The lowest BCUT2D eigenvalue weighted by Gasteiger charge is -2.19. The van der Waals surface area contributed by atoms with E-state index in [2.05, 4.69) is 13.8 Å². The fourth-order valence-electron chi connectivity index (χ4n) is 4.58. The predicted molar refractivity (Wildman–Crippen MR) is 195 cm³/mol. The molecule has 0 aromatic rings. The van der Waals surface area contributed by atoms with E-state index in [0.29, 0.717) is 19.6 Å². The molecular weight excluding hydrogens is 639 g/mol. The summed E-state index contributed by atoms with van der Waals surface area (Å²) in [5.74, 6) is 1.95. The number of rotatable bonds is 33. The Morgan fingerprint density at radius 3 is 1.28 bits per heavy atom. The van der Waals surface area contributed by atoms with Gasteiger partial charge in [0.15, 0.2) is 0 Å². The Kier molecular flexibility index (Phi) is 32.0. The number of hydrogen-bond acceptors (Lipinski definition) is 11. The van der Waals surface area contributed by atoms with E-state index in [1.807, 2.05) is 25.7 Å². The second-order valence-electron chi connectivity index (χ2n) is 12.2. The standard InChI is InChI=1S/C36H67NO8S2/c1-6-9-11-13-15-17-27-46-29-31(4)35(40)44-25-23-42-33(38)19-21-37(8-3)22-20-34(39)43-24-26-45-36(41)32(5)30-47-28-18-16-14-12-10-7-2/h31-32H,6-30H2,1-5H3. The number of hydrogen-bond donors (Lipinski definition) is 0. The second kappa shape index (κ2) is 33.1. The summed E-state index contributed by atoms with van der Waals surface area (Å²) in [5.41, 5.74) is 0. The van der Waals surface area contributed by atoms with Crippen LogP contribution in [-0.2, 0) is 38.1 Å². The van der Waals surface area contributed by atoms with Crippen molar-refractivity contribution in [3.05, 3.63) is 0 Å². The average molecular weight is 706 g/mol. The minimum absolute atomic E-state index is 0.0298. The van der Waals surface area contributed by atoms with Crippen LogP contribution in [0.15, 0.2) is 0 Å². The van der Waals surface area contributed by atoms with Crippen molar-refractivity contribution in [2.24, 2.45) is 11.8 Å². The molecule has 0 aromatic heterocycles. The molecular formula is C36H67NO8S2. The van der Waals surface area contributed by atoms with Crippen molar-refractivity contribution in [1.29, 1.82) is 0 Å². The number of carbonyl (C=O) groups excluding carboxylic acids is 4. The maximum atomic E-state index is 12.2. The van der Waals surface area contributed by atoms with E-state index >= 15 is 0 Å². The van der Waals surface area contributed by atoms with E-state index in [1.54, 1.807) is 23.5 Å². The van der Waals surface area contributed by atoms with Crippen molar-refractivity contribution in [3.63, 3.8) is 0 Å². The highest BCUT2D eigenvalue weighted by Crippen LogP contribution is 2.15. The minimum Gasteiger partial charge on any atom is -0.462 e. The summed E-state index contributed by atoms with van der Waals surface area (Å²) < 4.78 is 21.0. The third kappa shape index (κ3) is 29.2. The molecule has 2 unspecified atom stereocenters. The van der Waals surface area contributed by atoms with Crippen LogP contribution in [0.25, 0.3) is 0 Å². The molecule has 0 bridgehead atoms. The van der Waals surface area contributed by atoms with Gasteiger partial charge in [0.05, 0.1) is 24.7 Å². The van der Waals surface area contributed by atoms with Gasteiger partial charge in [0.2, 0.25) is 0 Å². The van der Waals surface area contributed by atoms with E-state index in [0.717, 1.165) is 23.0 Å². The maximum Gasteiger partial charge on any atom is 0.309 e. The Labute approximate surface area is 295 Å². The molecule has 0 N–H and O–H groups in total. The highest BCUT2D eigenvalue weighted by molar-refractivity contribution is 7.99. The summed E-state index contributed by atoms with van der Waals surface area (Å²) in [4.78, 5) is 50.6. The fourth-order valence-corrected chi connectivity index (χ4v) is 6.71. The van der Waals surface area contributed by atoms with Crippen molar-refractivity contribution >= 4 is 47.4 Å². The summed E-state index contributed by atoms with van der Waals surface area (Å²) in [6.07, 6.45) is 15.5. The lowest BCUT2D eigenvalue weighted by atomic mass is 10.1. The van der Waals surface area contributed by atoms with Gasteiger partial charge in [-0.05, 0) is 30.9 Å². The Bertz CT molecular complexity index is 739. The summed E-state index contributed by atoms with van der Waals surface area (Å²) in [5, 5.41) is 0. The lowest BCUT2D eigenvalue weighted by molar-refractivity contribution is -0.154. The van der Waals surface area contributed by atoms with Gasteiger partial charge in [0.1, 0.15) is 26.4 Å². The molecule has 47 heavy (non-hydrogen) atoms. The number of ether oxygens (including phenoxy) is 4. The molecule has 0 aliphatic rings. The Morgan fingerprint density at radius 2 is 0.894 bits per heavy atom. The predicted octanol–water partition coefficient (Wildman–Crippen LogP) is 7.72. The number of carbonyl (C=O) groups is 4. The maximum absolute atomic E-state index is 12.2. The van der Waals surface area contributed by atoms with Crippen LogP contribution in [0.5, 0.6) is 0 Å². The van der Waals surface area contributed by atoms with Gasteiger partial charge >= 0.3 is 23.9 Å². The summed E-state index contributed by atoms with van der Waals surface area (Å²) in [6.45, 7) is 11.8. The number of thioether (sulfide) groups is 2. The Hall–Kier alpha value is -1.46. The molecule has 0 aromatic carbocycles. The first-order chi connectivity index (χ1) is 22.7. The smallest absolute Gasteiger partial charge is 0.309 e. The van der Waals surface area contributed by atoms with Crippen LogP contribution in [-0.4, -0.2) is 97.9 Å². The molecule has 276 valence electrons. The summed E-state index contributed by atoms with van der Waals surface area (Å²) in [6, 6.07) is 0. The third-order valence-electron chi connectivity index (χ3n) is 7.72. The first-order valence-electron chi connectivity index (χ1n) is 18.3. The first kappa shape index (κ1) is 45.5. The van der Waals surface area contributed by atoms with Gasteiger partial charge in [-0.2, -0.15) is 23.5 Å². The van der Waals surface area contributed by atoms with E-state index in [1.165, 1.54) is 77.0 Å². The average Bonchev–Trinajstić information content (AvgIpc) is 3.07. The van der Waals surface area contributed by atoms with Gasteiger partial charge in [0, 0.05) is 24.6 Å². The topological polar surface area (TPSA) is 108 Å². The zero-order chi connectivity index (χ0) is 35.0. The quantitative estimate of drug-likeness (QED) is 0.0380. The molecule has 2 atom stereocenters. The molecule has 0 fully saturated rings. The van der Waals surface area contributed by atoms with Crippen LogP contribution >= 0.6 is 23.5 Å². The molecule has 0 heterocycles. The largest absolute Gasteiger partial charge is 0.462 e. The normalized spacial score (nSPS) is 12.5. The molecule has 0 radical (unpaired) electrons. The van der Waals surface area contributed by atoms with E-state index in [-0.39, 0.29) is 75.0 Å². The Balaban J connectivity index is 3.85. The monoisotopic (exact) mass is 705 g/mol. The van der Waals surface area contributed by atoms with Crippen molar-refractivity contribution in [2.75, 3.05) is 69.1 Å². The van der Waals surface area contributed by atoms with E-state index in [9.17, 15) is 19.2 Å². The van der Waals surface area contributed by atoms with Gasteiger partial charge in [-0.25, -0.2) is 0 Å². The number of unbranched alkanes of at least 4 members (excludes halogenated alkanes) is 10. The molecule has 0 saturated carbocycles. The lowest BCUT2D eigenvalue weighted by Crippen LogP contribution is -2.30. The van der Waals surface area contributed by atoms with Gasteiger partial charge < -0.3 is 23.8 Å². The molecule has 0 amide bonds. The molecule has 11 heteroatoms. The fraction of sp³-hybridized carbons (Fsp3) is 0.889. The molecule has 0 aliphatic heterocycles. The van der Waals surface area contributed by atoms with Gasteiger partial charge in [-0.1, -0.05) is 98.8 Å². The van der Waals surface area contributed by atoms with Gasteiger partial charge in [-0.15, -0.1) is 0 Å². The van der Waals surface area contributed by atoms with Gasteiger partial charge in [0.25, 0.3) is 0 Å². The Morgan fingerprint density at radius 1 is 0.532 bits per heavy atom. The third-order valence-corrected chi connectivity index (χ3v) is 10.3. The van der Waals surface area contributed by atoms with Crippen LogP contribution in [0.2, 0.25) is 0 Å². The van der Waals surface area contributed by atoms with Crippen LogP contribution in [0, 0.1) is 11.8 Å².